The Morgan fingerprint density at radius 3 is 2.31 bits per heavy atom. The molecule has 6 nitrogen and oxygen atoms in total. The number of ether oxygens (including phenoxy) is 2. The zero-order valence-corrected chi connectivity index (χ0v) is 20.1. The molecule has 2 aromatic carbocycles. The van der Waals surface area contributed by atoms with Crippen LogP contribution in [0.2, 0.25) is 0 Å². The number of likely N-dealkylation sites (tertiary alicyclic amines) is 1. The van der Waals surface area contributed by atoms with Gasteiger partial charge in [-0.05, 0) is 86.1 Å². The van der Waals surface area contributed by atoms with E-state index in [1.165, 1.54) is 12.1 Å². The van der Waals surface area contributed by atoms with Crippen molar-refractivity contribution in [2.45, 2.75) is 25.6 Å². The highest BCUT2D eigenvalue weighted by Gasteiger charge is 2.30. The Labute approximate surface area is 208 Å². The first-order valence-electron chi connectivity index (χ1n) is 11.9. The molecule has 0 atom stereocenters. The maximum absolute atomic E-state index is 12.8. The summed E-state index contributed by atoms with van der Waals surface area (Å²) >= 11 is 0. The average molecular weight is 502 g/mol. The molecule has 0 radical (unpaired) electrons. The molecule has 1 saturated heterocycles. The Kier molecular flexibility index (Phi) is 8.20. The molecule has 1 N–H and O–H groups in total. The highest BCUT2D eigenvalue weighted by molar-refractivity contribution is 5.78. The molecule has 0 unspecified atom stereocenters. The summed E-state index contributed by atoms with van der Waals surface area (Å²) in [6.45, 7) is 3.20. The maximum atomic E-state index is 12.8. The summed E-state index contributed by atoms with van der Waals surface area (Å²) in [6.07, 6.45) is 1.01. The largest absolute Gasteiger partial charge is 0.497 e. The van der Waals surface area contributed by atoms with E-state index in [9.17, 15) is 18.0 Å². The second-order valence-corrected chi connectivity index (χ2v) is 8.84. The van der Waals surface area contributed by atoms with Gasteiger partial charge in [-0.1, -0.05) is 0 Å². The number of rotatable bonds is 9. The van der Waals surface area contributed by atoms with E-state index in [2.05, 4.69) is 10.2 Å². The number of alkyl halides is 3. The third-order valence-corrected chi connectivity index (χ3v) is 6.34. The fourth-order valence-corrected chi connectivity index (χ4v) is 4.29. The number of amides is 1. The summed E-state index contributed by atoms with van der Waals surface area (Å²) in [6, 6.07) is 14.4. The minimum atomic E-state index is -4.34. The van der Waals surface area contributed by atoms with Crippen LogP contribution >= 0.6 is 0 Å². The lowest BCUT2D eigenvalue weighted by Gasteiger charge is -2.31. The molecule has 9 heteroatoms. The number of piperidine rings is 1. The van der Waals surface area contributed by atoms with Crippen molar-refractivity contribution in [3.8, 4) is 17.2 Å². The van der Waals surface area contributed by atoms with E-state index in [0.717, 1.165) is 61.7 Å². The molecule has 36 heavy (non-hydrogen) atoms. The van der Waals surface area contributed by atoms with Crippen LogP contribution in [0.25, 0.3) is 5.69 Å². The minimum Gasteiger partial charge on any atom is -0.497 e. The molecule has 0 bridgehead atoms. The number of nitrogens with zero attached hydrogens (tertiary/aromatic N) is 2. The van der Waals surface area contributed by atoms with Crippen LogP contribution in [-0.2, 0) is 17.5 Å². The number of methoxy groups -OCH3 is 1. The van der Waals surface area contributed by atoms with E-state index < -0.39 is 11.7 Å². The van der Waals surface area contributed by atoms with Crippen LogP contribution in [-0.4, -0.2) is 48.7 Å². The van der Waals surface area contributed by atoms with Crippen molar-refractivity contribution < 1.29 is 27.4 Å². The molecule has 4 rings (SSSR count). The van der Waals surface area contributed by atoms with Gasteiger partial charge in [0.05, 0.1) is 19.2 Å². The number of nitrogens with one attached hydrogen (secondary N) is 1. The average Bonchev–Trinajstić information content (AvgIpc) is 3.35. The number of halogens is 3. The van der Waals surface area contributed by atoms with Crippen molar-refractivity contribution in [2.24, 2.45) is 5.92 Å². The topological polar surface area (TPSA) is 55.7 Å². The van der Waals surface area contributed by atoms with E-state index in [0.29, 0.717) is 18.8 Å². The van der Waals surface area contributed by atoms with Crippen LogP contribution in [0, 0.1) is 5.92 Å². The number of benzene rings is 2. The fourth-order valence-electron chi connectivity index (χ4n) is 4.29. The van der Waals surface area contributed by atoms with Crippen LogP contribution < -0.4 is 14.8 Å². The van der Waals surface area contributed by atoms with Gasteiger partial charge < -0.3 is 19.4 Å². The smallest absolute Gasteiger partial charge is 0.416 e. The Bertz CT molecular complexity index is 1120. The van der Waals surface area contributed by atoms with Gasteiger partial charge in [-0.25, -0.2) is 0 Å². The van der Waals surface area contributed by atoms with Gasteiger partial charge in [0.2, 0.25) is 5.91 Å². The second-order valence-electron chi connectivity index (χ2n) is 8.84. The van der Waals surface area contributed by atoms with Crippen LogP contribution in [0.4, 0.5) is 13.2 Å². The van der Waals surface area contributed by atoms with Crippen molar-refractivity contribution in [2.75, 3.05) is 33.4 Å². The molecule has 0 aliphatic carbocycles. The summed E-state index contributed by atoms with van der Waals surface area (Å²) in [5, 5.41) is 2.96. The molecule has 0 spiro atoms. The van der Waals surface area contributed by atoms with Crippen molar-refractivity contribution >= 4 is 5.91 Å². The first kappa shape index (κ1) is 25.6. The zero-order valence-electron chi connectivity index (χ0n) is 20.1. The number of carbonyl (C=O) groups excluding carboxylic acids is 1. The van der Waals surface area contributed by atoms with Gasteiger partial charge in [0.25, 0.3) is 0 Å². The van der Waals surface area contributed by atoms with Gasteiger partial charge in [-0.2, -0.15) is 13.2 Å². The third-order valence-electron chi connectivity index (χ3n) is 6.34. The lowest BCUT2D eigenvalue weighted by Crippen LogP contribution is -2.41. The quantitative estimate of drug-likeness (QED) is 0.424. The summed E-state index contributed by atoms with van der Waals surface area (Å²) in [7, 11) is 1.61. The summed E-state index contributed by atoms with van der Waals surface area (Å²) in [4.78, 5) is 14.8. The molecule has 1 aliphatic heterocycles. The highest BCUT2D eigenvalue weighted by Crippen LogP contribution is 2.29. The monoisotopic (exact) mass is 501 g/mol. The van der Waals surface area contributed by atoms with Gasteiger partial charge in [-0.15, -0.1) is 0 Å². The van der Waals surface area contributed by atoms with Gasteiger partial charge >= 0.3 is 6.18 Å². The Morgan fingerprint density at radius 1 is 1.00 bits per heavy atom. The van der Waals surface area contributed by atoms with E-state index in [1.54, 1.807) is 7.11 Å². The van der Waals surface area contributed by atoms with Gasteiger partial charge in [0, 0.05) is 30.5 Å². The molecule has 0 saturated carbocycles. The molecule has 1 aromatic heterocycles. The molecular formula is C27H30F3N3O3. The third kappa shape index (κ3) is 6.81. The van der Waals surface area contributed by atoms with Crippen molar-refractivity contribution in [3.63, 3.8) is 0 Å². The fraction of sp³-hybridized carbons (Fsp3) is 0.370. The van der Waals surface area contributed by atoms with Gasteiger partial charge in [0.1, 0.15) is 18.1 Å². The van der Waals surface area contributed by atoms with Crippen LogP contribution in [0.15, 0.2) is 67.0 Å². The molecule has 2 heterocycles. The van der Waals surface area contributed by atoms with E-state index >= 15 is 0 Å². The molecule has 1 fully saturated rings. The Morgan fingerprint density at radius 2 is 1.67 bits per heavy atom. The van der Waals surface area contributed by atoms with Crippen molar-refractivity contribution in [1.29, 1.82) is 0 Å². The number of aromatic nitrogens is 1. The lowest BCUT2D eigenvalue weighted by atomic mass is 9.95. The first-order valence-corrected chi connectivity index (χ1v) is 11.9. The Balaban J connectivity index is 1.17. The summed E-state index contributed by atoms with van der Waals surface area (Å²) in [5.74, 6) is 1.53. The molecule has 1 aliphatic rings. The Hall–Kier alpha value is -3.46. The standard InChI is InChI=1S/C27H30F3N3O3/c1-35-24-6-8-25(9-7-24)36-17-13-31-26(34)21-11-14-32(15-12-21)18-20-10-16-33(19-20)23-4-2-22(3-5-23)27(28,29)30/h2-10,16,19,21H,11-15,17-18H2,1H3,(H,31,34). The second kappa shape index (κ2) is 11.5. The van der Waals surface area contributed by atoms with E-state index in [-0.39, 0.29) is 11.8 Å². The number of hydrogen-bond donors (Lipinski definition) is 1. The van der Waals surface area contributed by atoms with Crippen LogP contribution in [0.1, 0.15) is 24.0 Å². The zero-order chi connectivity index (χ0) is 25.5. The van der Waals surface area contributed by atoms with Crippen molar-refractivity contribution in [3.05, 3.63) is 78.1 Å². The van der Waals surface area contributed by atoms with Gasteiger partial charge in [0.15, 0.2) is 0 Å². The van der Waals surface area contributed by atoms with Gasteiger partial charge in [-0.3, -0.25) is 9.69 Å². The highest BCUT2D eigenvalue weighted by atomic mass is 19.4. The van der Waals surface area contributed by atoms with Crippen LogP contribution in [0.5, 0.6) is 11.5 Å². The summed E-state index contributed by atoms with van der Waals surface area (Å²) < 4.78 is 50.9. The molecule has 192 valence electrons. The SMILES string of the molecule is COc1ccc(OCCNC(=O)C2CCN(Cc3ccn(-c4ccc(C(F)(F)F)cc4)c3)CC2)cc1. The number of carbonyl (C=O) groups is 1. The summed E-state index contributed by atoms with van der Waals surface area (Å²) in [5.41, 5.74) is 1.10. The predicted octanol–water partition coefficient (Wildman–Crippen LogP) is 4.91. The molecular weight excluding hydrogens is 471 g/mol. The molecule has 1 amide bonds. The normalized spacial score (nSPS) is 15.0. The van der Waals surface area contributed by atoms with E-state index in [1.807, 2.05) is 47.3 Å². The lowest BCUT2D eigenvalue weighted by molar-refractivity contribution is -0.137. The van der Waals surface area contributed by atoms with Crippen molar-refractivity contribution in [1.82, 2.24) is 14.8 Å². The minimum absolute atomic E-state index is 0.0148. The first-order chi connectivity index (χ1) is 17.3. The maximum Gasteiger partial charge on any atom is 0.416 e. The van der Waals surface area contributed by atoms with E-state index in [4.69, 9.17) is 9.47 Å². The van der Waals surface area contributed by atoms with Crippen LogP contribution in [0.3, 0.4) is 0 Å². The predicted molar refractivity (Wildman–Crippen MR) is 130 cm³/mol. The number of hydrogen-bond acceptors (Lipinski definition) is 4. The molecule has 3 aromatic rings.